The first-order valence-electron chi connectivity index (χ1n) is 33.2. The molecule has 0 heterocycles. The van der Waals surface area contributed by atoms with Gasteiger partial charge in [0, 0.05) is 12.8 Å². The fourth-order valence-electron chi connectivity index (χ4n) is 9.11. The van der Waals surface area contributed by atoms with Crippen molar-refractivity contribution in [2.45, 2.75) is 290 Å². The summed E-state index contributed by atoms with van der Waals surface area (Å²) in [6.07, 6.45) is 82.5. The molecule has 0 bridgehead atoms. The number of carbonyl (C=O) groups is 2. The maximum Gasteiger partial charge on any atom is 0.472 e. The van der Waals surface area contributed by atoms with Gasteiger partial charge in [-0.1, -0.05) is 272 Å². The summed E-state index contributed by atoms with van der Waals surface area (Å²) in [5.74, 6) is -0.604. The third-order valence-corrected chi connectivity index (χ3v) is 15.2. The number of nitrogens with one attached hydrogen (secondary N) is 1. The average molecular weight is 1150 g/mol. The standard InChI is InChI=1S/C71H125N2O7P/c1-7-10-13-16-19-22-25-28-30-32-34-35-36-37-39-40-42-45-48-51-54-57-60-63-70(74)72-68(67-79-81(76,77)78-66-65-73(4,5)6)69(62-59-56-53-50-47-44-27-24-21-18-15-12-9-3)80-71(75)64-61-58-55-52-49-46-43-41-38-33-31-29-26-23-20-17-14-11-8-2/h11,14,19-20,22-23,28-31,38,41,46,49,55,58-59,62,68-69H,7-10,12-13,15-18,21,24-27,32-37,39-40,42-45,47-48,50-54,56-57,60-61,63-67H2,1-6H3,(H-,72,74,76,77)/p+1/b14-11-,22-19-,23-20-,30-28-,31-29-,41-38-,49-46-,58-55-,62-59-. The number of phosphoric ester groups is 1. The van der Waals surface area contributed by atoms with Crippen molar-refractivity contribution < 1.29 is 37.3 Å². The number of carbonyl (C=O) groups excluding carboxylic acids is 2. The molecule has 0 rings (SSSR count). The second-order valence-electron chi connectivity index (χ2n) is 23.3. The molecular weight excluding hydrogens is 1020 g/mol. The van der Waals surface area contributed by atoms with Crippen molar-refractivity contribution in [1.82, 2.24) is 5.32 Å². The number of phosphoric acid groups is 1. The summed E-state index contributed by atoms with van der Waals surface area (Å²) in [6, 6.07) is -0.886. The van der Waals surface area contributed by atoms with Crippen LogP contribution < -0.4 is 5.32 Å². The highest BCUT2D eigenvalue weighted by Crippen LogP contribution is 2.43. The second kappa shape index (κ2) is 59.8. The molecule has 1 amide bonds. The summed E-state index contributed by atoms with van der Waals surface area (Å²) in [5, 5.41) is 3.04. The first-order chi connectivity index (χ1) is 39.4. The lowest BCUT2D eigenvalue weighted by Gasteiger charge is -2.27. The number of hydrogen-bond acceptors (Lipinski definition) is 6. The maximum absolute atomic E-state index is 13.6. The van der Waals surface area contributed by atoms with Crippen molar-refractivity contribution in [1.29, 1.82) is 0 Å². The third-order valence-electron chi connectivity index (χ3n) is 14.2. The van der Waals surface area contributed by atoms with Gasteiger partial charge in [0.1, 0.15) is 19.3 Å². The Morgan fingerprint density at radius 3 is 1.23 bits per heavy atom. The number of ether oxygens (including phenoxy) is 1. The van der Waals surface area contributed by atoms with Crippen molar-refractivity contribution in [2.75, 3.05) is 40.9 Å². The zero-order valence-corrected chi connectivity index (χ0v) is 54.1. The van der Waals surface area contributed by atoms with Gasteiger partial charge in [-0.3, -0.25) is 18.6 Å². The smallest absolute Gasteiger partial charge is 0.456 e. The number of quaternary nitrogens is 1. The zero-order valence-electron chi connectivity index (χ0n) is 53.2. The Morgan fingerprint density at radius 1 is 0.444 bits per heavy atom. The Kier molecular flexibility index (Phi) is 57.4. The van der Waals surface area contributed by atoms with Crippen LogP contribution in [0.4, 0.5) is 0 Å². The van der Waals surface area contributed by atoms with E-state index in [1.807, 2.05) is 39.4 Å². The Balaban J connectivity index is 5.29. The number of unbranched alkanes of at least 4 members (excludes halogenated alkanes) is 27. The molecule has 0 aliphatic carbocycles. The number of amides is 1. The molecule has 0 saturated carbocycles. The number of rotatable bonds is 59. The Bertz CT molecular complexity index is 1750. The average Bonchev–Trinajstić information content (AvgIpc) is 3.44. The Labute approximate surface area is 500 Å². The van der Waals surface area contributed by atoms with Crippen LogP contribution in [0.25, 0.3) is 0 Å². The molecule has 0 aromatic rings. The van der Waals surface area contributed by atoms with Gasteiger partial charge >= 0.3 is 13.8 Å². The number of hydrogen-bond donors (Lipinski definition) is 2. The molecule has 3 unspecified atom stereocenters. The van der Waals surface area contributed by atoms with Crippen LogP contribution in [0.2, 0.25) is 0 Å². The molecule has 0 fully saturated rings. The number of likely N-dealkylation sites (N-methyl/N-ethyl adjacent to an activating group) is 1. The molecule has 9 nitrogen and oxygen atoms in total. The van der Waals surface area contributed by atoms with Crippen LogP contribution >= 0.6 is 7.82 Å². The molecule has 0 radical (unpaired) electrons. The van der Waals surface area contributed by atoms with E-state index >= 15 is 0 Å². The molecule has 0 saturated heterocycles. The van der Waals surface area contributed by atoms with Crippen molar-refractivity contribution >= 4 is 19.7 Å². The van der Waals surface area contributed by atoms with Crippen LogP contribution in [0.5, 0.6) is 0 Å². The van der Waals surface area contributed by atoms with E-state index in [0.29, 0.717) is 23.9 Å². The molecule has 0 aromatic heterocycles. The summed E-state index contributed by atoms with van der Waals surface area (Å²) in [7, 11) is 1.45. The van der Waals surface area contributed by atoms with Crippen molar-refractivity contribution in [3.05, 3.63) is 109 Å². The lowest BCUT2D eigenvalue weighted by molar-refractivity contribution is -0.870. The summed E-state index contributed by atoms with van der Waals surface area (Å²) in [5.41, 5.74) is 0. The van der Waals surface area contributed by atoms with Gasteiger partial charge in [0.2, 0.25) is 5.91 Å². The van der Waals surface area contributed by atoms with Crippen LogP contribution in [-0.2, 0) is 27.9 Å². The van der Waals surface area contributed by atoms with E-state index in [9.17, 15) is 19.0 Å². The largest absolute Gasteiger partial charge is 0.472 e. The number of esters is 1. The van der Waals surface area contributed by atoms with E-state index in [4.69, 9.17) is 13.8 Å². The van der Waals surface area contributed by atoms with Crippen molar-refractivity contribution in [3.8, 4) is 0 Å². The molecule has 0 aliphatic heterocycles. The van der Waals surface area contributed by atoms with Crippen molar-refractivity contribution in [2.24, 2.45) is 0 Å². The van der Waals surface area contributed by atoms with Crippen LogP contribution in [0.15, 0.2) is 109 Å². The lowest BCUT2D eigenvalue weighted by Crippen LogP contribution is -2.47. The molecule has 81 heavy (non-hydrogen) atoms. The summed E-state index contributed by atoms with van der Waals surface area (Å²) >= 11 is 0. The third kappa shape index (κ3) is 61.1. The summed E-state index contributed by atoms with van der Waals surface area (Å²) in [4.78, 5) is 37.8. The SMILES string of the molecule is CC/C=C\C/C=C\C/C=C\C/C=C\C/C=C\C/C=C\CCC(=O)OC(/C=C\CCCCCCCCCCCCC)C(COP(=O)(O)OCC[N+](C)(C)C)NC(=O)CCCCCCCCCCCCCCC/C=C\C/C=C\CCCCC. The monoisotopic (exact) mass is 1150 g/mol. The van der Waals surface area contributed by atoms with Crippen molar-refractivity contribution in [3.63, 3.8) is 0 Å². The minimum absolute atomic E-state index is 0.0245. The van der Waals surface area contributed by atoms with Gasteiger partial charge in [-0.2, -0.15) is 0 Å². The van der Waals surface area contributed by atoms with E-state index in [1.54, 1.807) is 0 Å². The molecule has 10 heteroatoms. The Morgan fingerprint density at radius 2 is 0.802 bits per heavy atom. The van der Waals surface area contributed by atoms with E-state index in [-0.39, 0.29) is 25.5 Å². The highest BCUT2D eigenvalue weighted by molar-refractivity contribution is 7.47. The fourth-order valence-corrected chi connectivity index (χ4v) is 9.85. The van der Waals surface area contributed by atoms with Crippen LogP contribution in [0.3, 0.4) is 0 Å². The molecule has 466 valence electrons. The zero-order chi connectivity index (χ0) is 59.3. The quantitative estimate of drug-likeness (QED) is 0.0205. The minimum Gasteiger partial charge on any atom is -0.456 e. The lowest BCUT2D eigenvalue weighted by atomic mass is 10.0. The van der Waals surface area contributed by atoms with Gasteiger partial charge < -0.3 is 19.4 Å². The highest BCUT2D eigenvalue weighted by atomic mass is 31.2. The first kappa shape index (κ1) is 77.7. The predicted octanol–water partition coefficient (Wildman–Crippen LogP) is 20.9. The topological polar surface area (TPSA) is 111 Å². The molecule has 0 spiro atoms. The highest BCUT2D eigenvalue weighted by Gasteiger charge is 2.30. The molecule has 3 atom stereocenters. The molecule has 0 aliphatic rings. The van der Waals surface area contributed by atoms with E-state index in [2.05, 4.69) is 117 Å². The summed E-state index contributed by atoms with van der Waals surface area (Å²) < 4.78 is 30.7. The second-order valence-corrected chi connectivity index (χ2v) is 24.7. The normalized spacial score (nSPS) is 14.3. The minimum atomic E-state index is -4.47. The molecular formula is C71H126N2O7P+. The van der Waals surface area contributed by atoms with E-state index in [0.717, 1.165) is 83.5 Å². The van der Waals surface area contributed by atoms with Gasteiger partial charge in [0.15, 0.2) is 0 Å². The summed E-state index contributed by atoms with van der Waals surface area (Å²) in [6.45, 7) is 6.84. The van der Waals surface area contributed by atoms with Gasteiger partial charge in [-0.05, 0) is 102 Å². The van der Waals surface area contributed by atoms with Crippen LogP contribution in [0, 0.1) is 0 Å². The van der Waals surface area contributed by atoms with Gasteiger partial charge in [0.25, 0.3) is 0 Å². The fraction of sp³-hybridized carbons (Fsp3) is 0.718. The van der Waals surface area contributed by atoms with Gasteiger partial charge in [0.05, 0.1) is 33.8 Å². The van der Waals surface area contributed by atoms with Crippen LogP contribution in [-0.4, -0.2) is 74.3 Å². The first-order valence-corrected chi connectivity index (χ1v) is 34.7. The van der Waals surface area contributed by atoms with Gasteiger partial charge in [-0.25, -0.2) is 4.57 Å². The van der Waals surface area contributed by atoms with Crippen LogP contribution in [0.1, 0.15) is 278 Å². The number of allylic oxidation sites excluding steroid dienone is 17. The van der Waals surface area contributed by atoms with E-state index < -0.39 is 25.9 Å². The van der Waals surface area contributed by atoms with E-state index in [1.165, 1.54) is 154 Å². The molecule has 2 N–H and O–H groups in total. The Hall–Kier alpha value is -3.33. The predicted molar refractivity (Wildman–Crippen MR) is 350 cm³/mol. The maximum atomic E-state index is 13.6. The molecule has 0 aromatic carbocycles. The van der Waals surface area contributed by atoms with Gasteiger partial charge in [-0.15, -0.1) is 0 Å². The number of nitrogens with zero attached hydrogens (tertiary/aromatic N) is 1.